The molecule has 0 heterocycles. The molecule has 0 fully saturated rings. The first-order chi connectivity index (χ1) is 18.6. The highest BCUT2D eigenvalue weighted by molar-refractivity contribution is 9.10. The van der Waals surface area contributed by atoms with Gasteiger partial charge in [-0.05, 0) is 78.0 Å². The van der Waals surface area contributed by atoms with E-state index in [0.29, 0.717) is 21.5 Å². The molecular weight excluding hydrogens is 564 g/mol. The number of carbonyl (C=O) groups is 3. The van der Waals surface area contributed by atoms with Crippen LogP contribution in [0.25, 0.3) is 0 Å². The molecular formula is C29H31BrN4O5. The van der Waals surface area contributed by atoms with Gasteiger partial charge in [0.05, 0.1) is 17.8 Å². The van der Waals surface area contributed by atoms with Crippen LogP contribution >= 0.6 is 15.9 Å². The molecule has 3 aromatic carbocycles. The summed E-state index contributed by atoms with van der Waals surface area (Å²) in [6, 6.07) is 14.9. The summed E-state index contributed by atoms with van der Waals surface area (Å²) < 4.78 is 11.7. The molecule has 0 aliphatic rings. The minimum Gasteiger partial charge on any atom is -0.493 e. The lowest BCUT2D eigenvalue weighted by Crippen LogP contribution is -2.37. The van der Waals surface area contributed by atoms with E-state index in [1.807, 2.05) is 64.1 Å². The van der Waals surface area contributed by atoms with Crippen LogP contribution in [0.1, 0.15) is 33.4 Å². The predicted octanol–water partition coefficient (Wildman–Crippen LogP) is 4.48. The first-order valence-electron chi connectivity index (χ1n) is 12.1. The third-order valence-corrected chi connectivity index (χ3v) is 6.29. The number of carbonyl (C=O) groups excluding carboxylic acids is 3. The number of nitrogens with zero attached hydrogens (tertiary/aromatic N) is 1. The van der Waals surface area contributed by atoms with Gasteiger partial charge in [0.1, 0.15) is 0 Å². The smallest absolute Gasteiger partial charge is 0.329 e. The summed E-state index contributed by atoms with van der Waals surface area (Å²) in [7, 11) is 1.47. The Morgan fingerprint density at radius 2 is 1.59 bits per heavy atom. The van der Waals surface area contributed by atoms with Gasteiger partial charge in [0, 0.05) is 12.2 Å². The molecule has 0 radical (unpaired) electrons. The minimum absolute atomic E-state index is 0.226. The Labute approximate surface area is 236 Å². The van der Waals surface area contributed by atoms with Crippen molar-refractivity contribution in [2.24, 2.45) is 5.10 Å². The maximum absolute atomic E-state index is 12.6. The summed E-state index contributed by atoms with van der Waals surface area (Å²) >= 11 is 3.43. The lowest BCUT2D eigenvalue weighted by molar-refractivity contribution is -0.139. The van der Waals surface area contributed by atoms with Crippen molar-refractivity contribution in [3.05, 3.63) is 86.4 Å². The van der Waals surface area contributed by atoms with Gasteiger partial charge in [0.2, 0.25) is 0 Å². The number of halogens is 1. The summed E-state index contributed by atoms with van der Waals surface area (Å²) in [6.07, 6.45) is 1.36. The largest absolute Gasteiger partial charge is 0.493 e. The zero-order valence-electron chi connectivity index (χ0n) is 22.5. The lowest BCUT2D eigenvalue weighted by Gasteiger charge is -2.15. The number of hydrazone groups is 1. The van der Waals surface area contributed by atoms with E-state index < -0.39 is 11.8 Å². The highest BCUT2D eigenvalue weighted by Gasteiger charge is 2.15. The number of methoxy groups -OCH3 is 1. The first kappa shape index (κ1) is 29.4. The van der Waals surface area contributed by atoms with Crippen LogP contribution in [0.15, 0.2) is 58.1 Å². The van der Waals surface area contributed by atoms with Gasteiger partial charge in [-0.1, -0.05) is 47.5 Å². The molecule has 0 spiro atoms. The van der Waals surface area contributed by atoms with Crippen molar-refractivity contribution in [3.8, 4) is 11.5 Å². The molecule has 0 bridgehead atoms. The summed E-state index contributed by atoms with van der Waals surface area (Å²) in [5.74, 6) is -1.32. The highest BCUT2D eigenvalue weighted by atomic mass is 79.9. The minimum atomic E-state index is -0.894. The zero-order valence-corrected chi connectivity index (χ0v) is 24.1. The Kier molecular flexibility index (Phi) is 10.2. The van der Waals surface area contributed by atoms with E-state index in [0.717, 1.165) is 33.5 Å². The van der Waals surface area contributed by atoms with Crippen molar-refractivity contribution in [2.75, 3.05) is 19.0 Å². The average Bonchev–Trinajstić information content (AvgIpc) is 2.89. The second kappa shape index (κ2) is 13.6. The Bertz CT molecular complexity index is 1380. The quantitative estimate of drug-likeness (QED) is 0.192. The van der Waals surface area contributed by atoms with Crippen molar-refractivity contribution in [2.45, 2.75) is 34.2 Å². The van der Waals surface area contributed by atoms with E-state index in [1.54, 1.807) is 12.1 Å². The number of benzene rings is 3. The van der Waals surface area contributed by atoms with Crippen LogP contribution in [0.4, 0.5) is 5.69 Å². The molecule has 0 aliphatic carbocycles. The van der Waals surface area contributed by atoms with Crippen molar-refractivity contribution in [1.29, 1.82) is 0 Å². The third kappa shape index (κ3) is 8.41. The van der Waals surface area contributed by atoms with Crippen LogP contribution in [-0.4, -0.2) is 37.7 Å². The molecule has 0 aliphatic heterocycles. The van der Waals surface area contributed by atoms with Crippen LogP contribution in [0, 0.1) is 27.7 Å². The molecule has 39 heavy (non-hydrogen) atoms. The van der Waals surface area contributed by atoms with Crippen LogP contribution in [0.5, 0.6) is 11.5 Å². The van der Waals surface area contributed by atoms with E-state index in [9.17, 15) is 14.4 Å². The van der Waals surface area contributed by atoms with Crippen molar-refractivity contribution in [3.63, 3.8) is 0 Å². The zero-order chi connectivity index (χ0) is 28.5. The lowest BCUT2D eigenvalue weighted by atomic mass is 10.1. The Hall–Kier alpha value is -4.18. The maximum Gasteiger partial charge on any atom is 0.329 e. The van der Waals surface area contributed by atoms with Crippen LogP contribution in [0.2, 0.25) is 0 Å². The predicted molar refractivity (Wildman–Crippen MR) is 154 cm³/mol. The number of aryl methyl sites for hydroxylation is 4. The number of ether oxygens (including phenoxy) is 2. The average molecular weight is 595 g/mol. The van der Waals surface area contributed by atoms with Gasteiger partial charge < -0.3 is 20.1 Å². The molecule has 0 unspecified atom stereocenters. The van der Waals surface area contributed by atoms with Gasteiger partial charge in [-0.3, -0.25) is 14.4 Å². The normalized spacial score (nSPS) is 10.7. The second-order valence-electron chi connectivity index (χ2n) is 9.01. The molecule has 0 saturated carbocycles. The molecule has 0 aromatic heterocycles. The highest BCUT2D eigenvalue weighted by Crippen LogP contribution is 2.36. The fourth-order valence-corrected chi connectivity index (χ4v) is 4.40. The topological polar surface area (TPSA) is 118 Å². The van der Waals surface area contributed by atoms with Gasteiger partial charge in [0.15, 0.2) is 18.1 Å². The second-order valence-corrected chi connectivity index (χ2v) is 9.87. The molecule has 3 aromatic rings. The number of amides is 3. The summed E-state index contributed by atoms with van der Waals surface area (Å²) in [6.45, 7) is 7.85. The fraction of sp³-hybridized carbons (Fsp3) is 0.241. The van der Waals surface area contributed by atoms with Gasteiger partial charge in [-0.25, -0.2) is 5.43 Å². The van der Waals surface area contributed by atoms with Gasteiger partial charge in [0.25, 0.3) is 5.91 Å². The Morgan fingerprint density at radius 3 is 2.23 bits per heavy atom. The summed E-state index contributed by atoms with van der Waals surface area (Å²) in [4.78, 5) is 36.7. The van der Waals surface area contributed by atoms with Gasteiger partial charge in [-0.15, -0.1) is 0 Å². The van der Waals surface area contributed by atoms with E-state index >= 15 is 0 Å². The van der Waals surface area contributed by atoms with Gasteiger partial charge >= 0.3 is 11.8 Å². The number of hydrogen-bond acceptors (Lipinski definition) is 6. The molecule has 3 rings (SSSR count). The Balaban J connectivity index is 1.56. The fourth-order valence-electron chi connectivity index (χ4n) is 3.83. The third-order valence-electron chi connectivity index (χ3n) is 5.70. The number of nitrogens with one attached hydrogen (secondary N) is 3. The number of anilines is 1. The van der Waals surface area contributed by atoms with E-state index in [4.69, 9.17) is 9.47 Å². The standard InChI is InChI=1S/C29H31BrN4O5/c1-17-6-8-21(9-7-17)14-31-28(36)29(37)34-32-15-22-12-23(30)27(24(13-22)38-5)39-16-25(35)33-26-19(3)10-18(2)11-20(26)4/h6-13,15H,14,16H2,1-5H3,(H,31,36)(H,33,35)(H,34,37)/b32-15-. The monoisotopic (exact) mass is 594 g/mol. The van der Waals surface area contributed by atoms with Gasteiger partial charge in [-0.2, -0.15) is 5.10 Å². The SMILES string of the molecule is COc1cc(/C=N\NC(=O)C(=O)NCc2ccc(C)cc2)cc(Br)c1OCC(=O)Nc1c(C)cc(C)cc1C. The maximum atomic E-state index is 12.6. The van der Waals surface area contributed by atoms with Crippen molar-refractivity contribution >= 4 is 45.6 Å². The van der Waals surface area contributed by atoms with Crippen LogP contribution in [-0.2, 0) is 20.9 Å². The Morgan fingerprint density at radius 1 is 0.923 bits per heavy atom. The van der Waals surface area contributed by atoms with Crippen molar-refractivity contribution in [1.82, 2.24) is 10.7 Å². The molecule has 10 heteroatoms. The molecule has 3 N–H and O–H groups in total. The summed E-state index contributed by atoms with van der Waals surface area (Å²) in [5, 5.41) is 9.30. The molecule has 0 saturated heterocycles. The number of hydrogen-bond donors (Lipinski definition) is 3. The van der Waals surface area contributed by atoms with Crippen LogP contribution < -0.4 is 25.5 Å². The molecule has 204 valence electrons. The molecule has 0 atom stereocenters. The summed E-state index contributed by atoms with van der Waals surface area (Å²) in [5.41, 5.74) is 8.57. The number of rotatable bonds is 9. The van der Waals surface area contributed by atoms with E-state index in [2.05, 4.69) is 37.1 Å². The molecule has 9 nitrogen and oxygen atoms in total. The van der Waals surface area contributed by atoms with Crippen molar-refractivity contribution < 1.29 is 23.9 Å². The first-order valence-corrected chi connectivity index (χ1v) is 12.9. The van der Waals surface area contributed by atoms with Crippen LogP contribution in [0.3, 0.4) is 0 Å². The molecule has 3 amide bonds. The van der Waals surface area contributed by atoms with E-state index in [1.165, 1.54) is 13.3 Å². The van der Waals surface area contributed by atoms with E-state index in [-0.39, 0.29) is 19.1 Å².